The minimum absolute atomic E-state index is 0.0240. The van der Waals surface area contributed by atoms with Crippen LogP contribution in [0.3, 0.4) is 0 Å². The van der Waals surface area contributed by atoms with Crippen LogP contribution < -0.4 is 5.32 Å². The van der Waals surface area contributed by atoms with Gasteiger partial charge in [-0.3, -0.25) is 4.79 Å². The largest absolute Gasteiger partial charge is 0.355 e. The number of aromatic nitrogens is 1. The van der Waals surface area contributed by atoms with E-state index in [0.717, 1.165) is 37.8 Å². The average Bonchev–Trinajstić information content (AvgIpc) is 2.77. The fourth-order valence-corrected chi connectivity index (χ4v) is 4.77. The summed E-state index contributed by atoms with van der Waals surface area (Å²) in [7, 11) is 0. The number of thioether (sulfide) groups is 1. The summed E-state index contributed by atoms with van der Waals surface area (Å²) in [6.45, 7) is 7.53. The summed E-state index contributed by atoms with van der Waals surface area (Å²) in [4.78, 5) is 17.0. The molecule has 0 saturated carbocycles. The van der Waals surface area contributed by atoms with Gasteiger partial charge in [0.1, 0.15) is 11.1 Å². The highest BCUT2D eigenvalue weighted by Gasteiger charge is 2.32. The van der Waals surface area contributed by atoms with Crippen LogP contribution in [0.1, 0.15) is 56.0 Å². The Bertz CT molecular complexity index is 918. The number of fused-ring (bicyclic) bond motifs is 1. The highest BCUT2D eigenvalue weighted by atomic mass is 32.2. The molecule has 1 amide bonds. The second kappa shape index (κ2) is 10.1. The zero-order valence-corrected chi connectivity index (χ0v) is 19.0. The summed E-state index contributed by atoms with van der Waals surface area (Å²) >= 11 is 1.36. The topological polar surface area (TPSA) is 65.8 Å². The zero-order valence-electron chi connectivity index (χ0n) is 18.2. The minimum atomic E-state index is -0.0240. The number of nitrogens with zero attached hydrogens (tertiary/aromatic N) is 2. The Balaban J connectivity index is 1.58. The van der Waals surface area contributed by atoms with Gasteiger partial charge in [0.05, 0.1) is 11.3 Å². The van der Waals surface area contributed by atoms with E-state index in [9.17, 15) is 10.1 Å². The Kier molecular flexibility index (Phi) is 7.55. The first-order valence-electron chi connectivity index (χ1n) is 10.8. The highest BCUT2D eigenvalue weighted by molar-refractivity contribution is 8.00. The van der Waals surface area contributed by atoms with E-state index < -0.39 is 0 Å². The van der Waals surface area contributed by atoms with E-state index in [1.807, 2.05) is 24.3 Å². The molecule has 3 rings (SSSR count). The number of nitriles is 1. The van der Waals surface area contributed by atoms with Gasteiger partial charge >= 0.3 is 0 Å². The second-order valence-electron chi connectivity index (χ2n) is 8.71. The number of aryl methyl sites for hydroxylation is 1. The van der Waals surface area contributed by atoms with Crippen molar-refractivity contribution in [2.45, 2.75) is 57.9 Å². The molecular formula is C25H31N3OS. The maximum atomic E-state index is 12.2. The first-order valence-corrected chi connectivity index (χ1v) is 11.8. The van der Waals surface area contributed by atoms with Crippen molar-refractivity contribution in [1.29, 1.82) is 5.26 Å². The van der Waals surface area contributed by atoms with Crippen LogP contribution in [-0.2, 0) is 24.1 Å². The van der Waals surface area contributed by atoms with Crippen molar-refractivity contribution >= 4 is 17.7 Å². The van der Waals surface area contributed by atoms with Crippen molar-refractivity contribution in [1.82, 2.24) is 10.3 Å². The molecule has 5 heteroatoms. The number of carbonyl (C=O) groups excluding carboxylic acids is 1. The number of benzene rings is 1. The Morgan fingerprint density at radius 1 is 1.33 bits per heavy atom. The van der Waals surface area contributed by atoms with Gasteiger partial charge < -0.3 is 5.32 Å². The number of pyridine rings is 1. The van der Waals surface area contributed by atoms with Crippen LogP contribution in [0.15, 0.2) is 41.4 Å². The van der Waals surface area contributed by atoms with Crippen LogP contribution in [0, 0.1) is 22.7 Å². The maximum absolute atomic E-state index is 12.2. The zero-order chi connectivity index (χ0) is 21.6. The number of carbonyl (C=O) groups is 1. The monoisotopic (exact) mass is 421 g/mol. The lowest BCUT2D eigenvalue weighted by Gasteiger charge is -2.37. The highest BCUT2D eigenvalue weighted by Crippen LogP contribution is 2.40. The van der Waals surface area contributed by atoms with E-state index in [-0.39, 0.29) is 11.7 Å². The van der Waals surface area contributed by atoms with Crippen molar-refractivity contribution in [3.8, 4) is 6.07 Å². The van der Waals surface area contributed by atoms with Gasteiger partial charge in [0.25, 0.3) is 0 Å². The Morgan fingerprint density at radius 3 is 2.80 bits per heavy atom. The fourth-order valence-electron chi connectivity index (χ4n) is 3.97. The lowest BCUT2D eigenvalue weighted by molar-refractivity contribution is -0.118. The molecule has 1 unspecified atom stereocenters. The van der Waals surface area contributed by atoms with Crippen LogP contribution in [-0.4, -0.2) is 23.2 Å². The van der Waals surface area contributed by atoms with Crippen molar-refractivity contribution < 1.29 is 4.79 Å². The van der Waals surface area contributed by atoms with Crippen molar-refractivity contribution in [2.24, 2.45) is 11.3 Å². The molecule has 0 aliphatic heterocycles. The van der Waals surface area contributed by atoms with Crippen molar-refractivity contribution in [3.05, 3.63) is 58.8 Å². The lowest BCUT2D eigenvalue weighted by atomic mass is 9.69. The normalized spacial score (nSPS) is 15.9. The van der Waals surface area contributed by atoms with E-state index in [0.29, 0.717) is 28.5 Å². The first kappa shape index (κ1) is 22.4. The molecule has 2 aromatic rings. The van der Waals surface area contributed by atoms with Crippen LogP contribution in [0.2, 0.25) is 0 Å². The molecule has 0 saturated heterocycles. The molecule has 1 aromatic heterocycles. The molecule has 158 valence electrons. The Morgan fingerprint density at radius 2 is 2.10 bits per heavy atom. The maximum Gasteiger partial charge on any atom is 0.230 e. The standard InChI is InChI=1S/C25H31N3OS/c1-4-25(2,3)21-10-11-22-19(15-21)14-20(16-26)24(28-22)30-17-23(29)27-13-12-18-8-6-5-7-9-18/h5-9,14,21H,4,10-13,15,17H2,1-3H3,(H,27,29). The van der Waals surface area contributed by atoms with Crippen LogP contribution in [0.25, 0.3) is 0 Å². The Hall–Kier alpha value is -2.32. The van der Waals surface area contributed by atoms with Gasteiger partial charge in [-0.1, -0.05) is 69.3 Å². The van der Waals surface area contributed by atoms with E-state index >= 15 is 0 Å². The molecule has 1 aliphatic carbocycles. The lowest BCUT2D eigenvalue weighted by Crippen LogP contribution is -2.29. The third-order valence-electron chi connectivity index (χ3n) is 6.41. The summed E-state index contributed by atoms with van der Waals surface area (Å²) in [5.41, 5.74) is 4.41. The predicted molar refractivity (Wildman–Crippen MR) is 122 cm³/mol. The summed E-state index contributed by atoms with van der Waals surface area (Å²) in [6.07, 6.45) is 5.04. The quantitative estimate of drug-likeness (QED) is 0.613. The molecule has 1 aromatic carbocycles. The third kappa shape index (κ3) is 5.64. The van der Waals surface area contributed by atoms with Gasteiger partial charge in [-0.05, 0) is 54.2 Å². The molecule has 1 atom stereocenters. The molecule has 1 aliphatic rings. The summed E-state index contributed by atoms with van der Waals surface area (Å²) in [5.74, 6) is 0.877. The number of nitrogens with one attached hydrogen (secondary N) is 1. The van der Waals surface area contributed by atoms with Gasteiger partial charge in [-0.2, -0.15) is 5.26 Å². The molecular weight excluding hydrogens is 390 g/mol. The number of hydrogen-bond donors (Lipinski definition) is 1. The van der Waals surface area contributed by atoms with Crippen LogP contribution >= 0.6 is 11.8 Å². The third-order valence-corrected chi connectivity index (χ3v) is 7.40. The van der Waals surface area contributed by atoms with E-state index in [1.165, 1.54) is 22.9 Å². The molecule has 0 radical (unpaired) electrons. The van der Waals surface area contributed by atoms with Crippen LogP contribution in [0.5, 0.6) is 0 Å². The van der Waals surface area contributed by atoms with Crippen molar-refractivity contribution in [2.75, 3.05) is 12.3 Å². The Labute approximate surface area is 184 Å². The van der Waals surface area contributed by atoms with Crippen LogP contribution in [0.4, 0.5) is 0 Å². The second-order valence-corrected chi connectivity index (χ2v) is 9.68. The molecule has 4 nitrogen and oxygen atoms in total. The van der Waals surface area contributed by atoms with E-state index in [2.05, 4.69) is 44.3 Å². The summed E-state index contributed by atoms with van der Waals surface area (Å²) in [5, 5.41) is 13.3. The molecule has 0 bridgehead atoms. The average molecular weight is 422 g/mol. The molecule has 0 spiro atoms. The molecule has 1 heterocycles. The smallest absolute Gasteiger partial charge is 0.230 e. The number of rotatable bonds is 8. The van der Waals surface area contributed by atoms with Gasteiger partial charge in [-0.25, -0.2) is 4.98 Å². The minimum Gasteiger partial charge on any atom is -0.355 e. The van der Waals surface area contributed by atoms with Gasteiger partial charge in [-0.15, -0.1) is 0 Å². The SMILES string of the molecule is CCC(C)(C)C1CCc2nc(SCC(=O)NCCc3ccccc3)c(C#N)cc2C1. The van der Waals surface area contributed by atoms with Crippen molar-refractivity contribution in [3.63, 3.8) is 0 Å². The summed E-state index contributed by atoms with van der Waals surface area (Å²) < 4.78 is 0. The van der Waals surface area contributed by atoms with E-state index in [4.69, 9.17) is 4.98 Å². The van der Waals surface area contributed by atoms with Gasteiger partial charge in [0.2, 0.25) is 5.91 Å². The predicted octanol–water partition coefficient (Wildman–Crippen LogP) is 4.95. The number of amides is 1. The van der Waals surface area contributed by atoms with Gasteiger partial charge in [0, 0.05) is 12.2 Å². The molecule has 0 fully saturated rings. The summed E-state index contributed by atoms with van der Waals surface area (Å²) in [6, 6.07) is 14.4. The van der Waals surface area contributed by atoms with E-state index in [1.54, 1.807) is 0 Å². The number of hydrogen-bond acceptors (Lipinski definition) is 4. The molecule has 1 N–H and O–H groups in total. The van der Waals surface area contributed by atoms with Gasteiger partial charge in [0.15, 0.2) is 0 Å². The first-order chi connectivity index (χ1) is 14.4. The molecule has 30 heavy (non-hydrogen) atoms. The fraction of sp³-hybridized carbons (Fsp3) is 0.480.